The lowest BCUT2D eigenvalue weighted by molar-refractivity contribution is -0.123. The summed E-state index contributed by atoms with van der Waals surface area (Å²) in [5, 5.41) is 0.583. The van der Waals surface area contributed by atoms with E-state index in [9.17, 15) is 9.59 Å². The number of halogens is 1. The summed E-state index contributed by atoms with van der Waals surface area (Å²) in [4.78, 5) is 32.2. The smallest absolute Gasteiger partial charge is 0.266 e. The summed E-state index contributed by atoms with van der Waals surface area (Å²) in [7, 11) is 0. The minimum Gasteiger partial charge on any atom is -0.293 e. The number of amides is 2. The first-order chi connectivity index (χ1) is 16.5. The second kappa shape index (κ2) is 9.96. The van der Waals surface area contributed by atoms with Gasteiger partial charge in [0.25, 0.3) is 5.91 Å². The summed E-state index contributed by atoms with van der Waals surface area (Å²) in [6.45, 7) is 0.398. The van der Waals surface area contributed by atoms with E-state index in [1.54, 1.807) is 21.6 Å². The highest BCUT2D eigenvalue weighted by molar-refractivity contribution is 8.26. The van der Waals surface area contributed by atoms with Gasteiger partial charge in [0.15, 0.2) is 0 Å². The van der Waals surface area contributed by atoms with Gasteiger partial charge in [-0.25, -0.2) is 0 Å². The van der Waals surface area contributed by atoms with Crippen LogP contribution in [-0.2, 0) is 9.59 Å². The first-order valence-electron chi connectivity index (χ1n) is 10.7. The van der Waals surface area contributed by atoms with Gasteiger partial charge in [0.05, 0.1) is 16.3 Å². The van der Waals surface area contributed by atoms with Crippen molar-refractivity contribution in [1.29, 1.82) is 0 Å². The summed E-state index contributed by atoms with van der Waals surface area (Å²) in [6, 6.07) is 23.1. The molecule has 2 heterocycles. The quantitative estimate of drug-likeness (QED) is 0.263. The van der Waals surface area contributed by atoms with Crippen LogP contribution in [0.1, 0.15) is 18.4 Å². The largest absolute Gasteiger partial charge is 0.293 e. The van der Waals surface area contributed by atoms with Gasteiger partial charge in [-0.2, -0.15) is 0 Å². The third-order valence-electron chi connectivity index (χ3n) is 5.48. The molecule has 3 aromatic rings. The summed E-state index contributed by atoms with van der Waals surface area (Å²) < 4.78 is 0.525. The predicted molar refractivity (Wildman–Crippen MR) is 145 cm³/mol. The second-order valence-corrected chi connectivity index (χ2v) is 11.0. The number of benzene rings is 3. The van der Waals surface area contributed by atoms with Crippen LogP contribution in [0.2, 0.25) is 5.02 Å². The SMILES string of the molecule is O=C1/C(=C/c2ccccc2)SC(=S)N1CCCC(=O)N1c2ccccc2Sc2ccc(Cl)cc21. The summed E-state index contributed by atoms with van der Waals surface area (Å²) >= 11 is 14.6. The van der Waals surface area contributed by atoms with Crippen molar-refractivity contribution >= 4 is 80.9 Å². The highest BCUT2D eigenvalue weighted by Crippen LogP contribution is 2.49. The fourth-order valence-electron chi connectivity index (χ4n) is 3.89. The van der Waals surface area contributed by atoms with Gasteiger partial charge in [-0.05, 0) is 48.4 Å². The van der Waals surface area contributed by atoms with Crippen molar-refractivity contribution in [2.24, 2.45) is 0 Å². The molecule has 8 heteroatoms. The summed E-state index contributed by atoms with van der Waals surface area (Å²) in [5.41, 5.74) is 2.60. The van der Waals surface area contributed by atoms with Gasteiger partial charge in [0, 0.05) is 27.8 Å². The Morgan fingerprint density at radius 2 is 1.68 bits per heavy atom. The van der Waals surface area contributed by atoms with E-state index >= 15 is 0 Å². The molecule has 170 valence electrons. The van der Waals surface area contributed by atoms with Crippen LogP contribution < -0.4 is 4.90 Å². The molecule has 0 aliphatic carbocycles. The average molecular weight is 523 g/mol. The predicted octanol–water partition coefficient (Wildman–Crippen LogP) is 7.15. The number of fused-ring (bicyclic) bond motifs is 2. The number of anilines is 2. The monoisotopic (exact) mass is 522 g/mol. The molecule has 1 saturated heterocycles. The molecule has 0 saturated carbocycles. The number of nitrogens with zero attached hydrogens (tertiary/aromatic N) is 2. The molecule has 0 N–H and O–H groups in total. The van der Waals surface area contributed by atoms with Crippen LogP contribution in [0.25, 0.3) is 6.08 Å². The molecule has 0 unspecified atom stereocenters. The fraction of sp³-hybridized carbons (Fsp3) is 0.115. The van der Waals surface area contributed by atoms with Gasteiger partial charge in [0.2, 0.25) is 5.91 Å². The minimum atomic E-state index is -0.108. The normalized spacial score (nSPS) is 16.1. The number of thioether (sulfide) groups is 1. The van der Waals surface area contributed by atoms with E-state index in [1.165, 1.54) is 11.8 Å². The molecule has 2 aliphatic heterocycles. The molecule has 0 atom stereocenters. The third kappa shape index (κ3) is 4.66. The highest BCUT2D eigenvalue weighted by atomic mass is 35.5. The molecule has 1 fully saturated rings. The van der Waals surface area contributed by atoms with E-state index in [1.807, 2.05) is 78.9 Å². The molecule has 4 nitrogen and oxygen atoms in total. The number of thiocarbonyl (C=S) groups is 1. The van der Waals surface area contributed by atoms with Crippen molar-refractivity contribution in [3.05, 3.63) is 88.3 Å². The van der Waals surface area contributed by atoms with Crippen molar-refractivity contribution in [1.82, 2.24) is 4.90 Å². The van der Waals surface area contributed by atoms with Crippen LogP contribution in [0.4, 0.5) is 11.4 Å². The summed E-state index contributed by atoms with van der Waals surface area (Å²) in [6.07, 6.45) is 2.64. The maximum absolute atomic E-state index is 13.4. The van der Waals surface area contributed by atoms with E-state index in [0.29, 0.717) is 27.2 Å². The standard InChI is InChI=1S/C26H19ClN2O2S3/c27-18-12-13-22-20(16-18)29(19-9-4-5-10-21(19)33-22)24(30)11-6-14-28-25(31)23(34-26(28)32)15-17-7-2-1-3-8-17/h1-5,7-10,12-13,15-16H,6,11,14H2/b23-15-. The Bertz CT molecular complexity index is 1330. The molecule has 5 rings (SSSR count). The van der Waals surface area contributed by atoms with Crippen LogP contribution in [0.5, 0.6) is 0 Å². The van der Waals surface area contributed by atoms with E-state index in [4.69, 9.17) is 23.8 Å². The van der Waals surface area contributed by atoms with Crippen molar-refractivity contribution in [3.8, 4) is 0 Å². The molecule has 0 aromatic heterocycles. The Morgan fingerprint density at radius 3 is 2.50 bits per heavy atom. The summed E-state index contributed by atoms with van der Waals surface area (Å²) in [5.74, 6) is -0.148. The number of hydrogen-bond acceptors (Lipinski definition) is 5. The zero-order valence-corrected chi connectivity index (χ0v) is 21.1. The molecule has 0 bridgehead atoms. The van der Waals surface area contributed by atoms with Crippen LogP contribution >= 0.6 is 47.3 Å². The van der Waals surface area contributed by atoms with Crippen molar-refractivity contribution in [2.45, 2.75) is 22.6 Å². The first kappa shape index (κ1) is 23.2. The van der Waals surface area contributed by atoms with E-state index in [2.05, 4.69) is 0 Å². The zero-order chi connectivity index (χ0) is 23.7. The number of hydrogen-bond donors (Lipinski definition) is 0. The maximum atomic E-state index is 13.4. The Balaban J connectivity index is 1.29. The number of carbonyl (C=O) groups excluding carboxylic acids is 2. The van der Waals surface area contributed by atoms with E-state index in [0.717, 1.165) is 26.7 Å². The Labute approximate surface area is 217 Å². The van der Waals surface area contributed by atoms with E-state index < -0.39 is 0 Å². The zero-order valence-electron chi connectivity index (χ0n) is 17.9. The Kier molecular flexibility index (Phi) is 6.79. The Morgan fingerprint density at radius 1 is 0.941 bits per heavy atom. The number of para-hydroxylation sites is 1. The Hall–Kier alpha value is -2.58. The van der Waals surface area contributed by atoms with Gasteiger partial charge < -0.3 is 0 Å². The van der Waals surface area contributed by atoms with Crippen LogP contribution in [0, 0.1) is 0 Å². The molecule has 0 radical (unpaired) electrons. The lowest BCUT2D eigenvalue weighted by Crippen LogP contribution is -2.32. The molecule has 34 heavy (non-hydrogen) atoms. The van der Waals surface area contributed by atoms with Crippen molar-refractivity contribution in [2.75, 3.05) is 11.4 Å². The number of rotatable bonds is 5. The maximum Gasteiger partial charge on any atom is 0.266 e. The molecular weight excluding hydrogens is 504 g/mol. The van der Waals surface area contributed by atoms with E-state index in [-0.39, 0.29) is 18.2 Å². The third-order valence-corrected chi connectivity index (χ3v) is 8.22. The molecule has 2 aliphatic rings. The molecule has 2 amide bonds. The molecule has 3 aromatic carbocycles. The van der Waals surface area contributed by atoms with Crippen molar-refractivity contribution in [3.63, 3.8) is 0 Å². The fourth-order valence-corrected chi connectivity index (χ4v) is 6.40. The number of carbonyl (C=O) groups is 2. The van der Waals surface area contributed by atoms with Gasteiger partial charge >= 0.3 is 0 Å². The van der Waals surface area contributed by atoms with Crippen LogP contribution in [0.3, 0.4) is 0 Å². The van der Waals surface area contributed by atoms with Gasteiger partial charge in [-0.1, -0.05) is 89.8 Å². The lowest BCUT2D eigenvalue weighted by Gasteiger charge is -2.31. The topological polar surface area (TPSA) is 40.6 Å². The van der Waals surface area contributed by atoms with Crippen LogP contribution in [-0.4, -0.2) is 27.6 Å². The highest BCUT2D eigenvalue weighted by Gasteiger charge is 2.32. The van der Waals surface area contributed by atoms with Gasteiger partial charge in [-0.3, -0.25) is 19.4 Å². The average Bonchev–Trinajstić information content (AvgIpc) is 3.10. The van der Waals surface area contributed by atoms with Gasteiger partial charge in [0.1, 0.15) is 4.32 Å². The molecule has 0 spiro atoms. The lowest BCUT2D eigenvalue weighted by atomic mass is 10.1. The second-order valence-electron chi connectivity index (χ2n) is 7.76. The van der Waals surface area contributed by atoms with Crippen LogP contribution in [0.15, 0.2) is 87.5 Å². The van der Waals surface area contributed by atoms with Gasteiger partial charge in [-0.15, -0.1) is 0 Å². The molecular formula is C26H19ClN2O2S3. The minimum absolute atomic E-state index is 0.0402. The van der Waals surface area contributed by atoms with Crippen molar-refractivity contribution < 1.29 is 9.59 Å². The first-order valence-corrected chi connectivity index (χ1v) is 13.1.